The molecule has 0 aliphatic rings. The van der Waals surface area contributed by atoms with Gasteiger partial charge in [-0.05, 0) is 48.4 Å². The monoisotopic (exact) mass is 325 g/mol. The molecular weight excluding hydrogens is 309 g/mol. The van der Waals surface area contributed by atoms with Gasteiger partial charge in [-0.25, -0.2) is 4.98 Å². The minimum absolute atomic E-state index is 0.373. The highest BCUT2D eigenvalue weighted by atomic mass is 16.6. The van der Waals surface area contributed by atoms with E-state index < -0.39 is 13.2 Å². The van der Waals surface area contributed by atoms with E-state index in [2.05, 4.69) is 4.98 Å². The van der Waals surface area contributed by atoms with Gasteiger partial charge in [0.1, 0.15) is 5.75 Å². The van der Waals surface area contributed by atoms with Crippen molar-refractivity contribution in [1.29, 1.82) is 0 Å². The number of rotatable bonds is 5. The minimum Gasteiger partial charge on any atom is -0.512 e. The van der Waals surface area contributed by atoms with E-state index in [9.17, 15) is 4.79 Å². The Morgan fingerprint density at radius 3 is 2.75 bits per heavy atom. The van der Waals surface area contributed by atoms with E-state index in [1.54, 1.807) is 36.7 Å². The third-order valence-corrected chi connectivity index (χ3v) is 3.80. The van der Waals surface area contributed by atoms with Gasteiger partial charge in [0.2, 0.25) is 5.91 Å². The SMILES string of the molecule is Cc1cc(OB(O)O)ccc1Cn1cnc2ccc(C(N)=O)cc21. The molecule has 0 atom stereocenters. The molecule has 0 saturated carbocycles. The third-order valence-electron chi connectivity index (χ3n) is 3.80. The van der Waals surface area contributed by atoms with Crippen LogP contribution >= 0.6 is 0 Å². The van der Waals surface area contributed by atoms with Gasteiger partial charge in [-0.2, -0.15) is 0 Å². The summed E-state index contributed by atoms with van der Waals surface area (Å²) in [5.74, 6) is -0.109. The highest BCUT2D eigenvalue weighted by Gasteiger charge is 2.13. The van der Waals surface area contributed by atoms with E-state index in [1.165, 1.54) is 0 Å². The number of carbonyl (C=O) groups is 1. The molecule has 1 aromatic heterocycles. The Kier molecular flexibility index (Phi) is 4.24. The van der Waals surface area contributed by atoms with Crippen LogP contribution in [-0.2, 0) is 6.54 Å². The number of aromatic nitrogens is 2. The first-order valence-corrected chi connectivity index (χ1v) is 7.31. The average Bonchev–Trinajstić information content (AvgIpc) is 2.91. The third kappa shape index (κ3) is 3.24. The highest BCUT2D eigenvalue weighted by Crippen LogP contribution is 2.21. The minimum atomic E-state index is -1.85. The van der Waals surface area contributed by atoms with E-state index in [1.807, 2.05) is 17.6 Å². The van der Waals surface area contributed by atoms with Gasteiger partial charge in [0.25, 0.3) is 0 Å². The summed E-state index contributed by atoms with van der Waals surface area (Å²) in [6.07, 6.45) is 1.71. The van der Waals surface area contributed by atoms with Gasteiger partial charge in [-0.15, -0.1) is 0 Å². The number of benzene rings is 2. The second kappa shape index (κ2) is 6.35. The summed E-state index contributed by atoms with van der Waals surface area (Å²) in [5.41, 5.74) is 9.30. The Morgan fingerprint density at radius 1 is 1.29 bits per heavy atom. The van der Waals surface area contributed by atoms with Crippen molar-refractivity contribution in [1.82, 2.24) is 9.55 Å². The lowest BCUT2D eigenvalue weighted by Crippen LogP contribution is -2.20. The molecule has 3 aromatic rings. The lowest BCUT2D eigenvalue weighted by Gasteiger charge is -2.11. The summed E-state index contributed by atoms with van der Waals surface area (Å²) >= 11 is 0. The fourth-order valence-electron chi connectivity index (χ4n) is 2.56. The molecular formula is C16H16BN3O4. The predicted octanol–water partition coefficient (Wildman–Crippen LogP) is 0.840. The zero-order valence-corrected chi connectivity index (χ0v) is 13.0. The fourth-order valence-corrected chi connectivity index (χ4v) is 2.56. The normalized spacial score (nSPS) is 10.8. The number of fused-ring (bicyclic) bond motifs is 1. The molecule has 0 bridgehead atoms. The molecule has 0 radical (unpaired) electrons. The van der Waals surface area contributed by atoms with Gasteiger partial charge in [0.15, 0.2) is 0 Å². The quantitative estimate of drug-likeness (QED) is 0.602. The molecule has 0 aliphatic heterocycles. The van der Waals surface area contributed by atoms with Gasteiger partial charge in [0, 0.05) is 12.1 Å². The smallest absolute Gasteiger partial charge is 0.512 e. The highest BCUT2D eigenvalue weighted by molar-refractivity contribution is 6.33. The number of nitrogens with zero attached hydrogens (tertiary/aromatic N) is 2. The molecule has 1 heterocycles. The van der Waals surface area contributed by atoms with Crippen molar-refractivity contribution < 1.29 is 19.5 Å². The molecule has 7 nitrogen and oxygen atoms in total. The Morgan fingerprint density at radius 2 is 2.08 bits per heavy atom. The zero-order chi connectivity index (χ0) is 17.3. The van der Waals surface area contributed by atoms with Crippen LogP contribution in [0.5, 0.6) is 5.75 Å². The molecule has 8 heteroatoms. The van der Waals surface area contributed by atoms with E-state index in [4.69, 9.17) is 20.4 Å². The second-order valence-electron chi connectivity index (χ2n) is 5.47. The first-order chi connectivity index (χ1) is 11.4. The molecule has 0 saturated heterocycles. The molecule has 2 aromatic carbocycles. The number of nitrogens with two attached hydrogens (primary N) is 1. The van der Waals surface area contributed by atoms with Crippen LogP contribution < -0.4 is 10.4 Å². The number of aryl methyl sites for hydroxylation is 1. The van der Waals surface area contributed by atoms with E-state index in [0.29, 0.717) is 17.9 Å². The van der Waals surface area contributed by atoms with Crippen molar-refractivity contribution in [3.8, 4) is 5.75 Å². The Labute approximate surface area is 138 Å². The predicted molar refractivity (Wildman–Crippen MR) is 89.4 cm³/mol. The van der Waals surface area contributed by atoms with Crippen molar-refractivity contribution in [3.05, 3.63) is 59.4 Å². The van der Waals surface area contributed by atoms with Crippen LogP contribution in [0.2, 0.25) is 0 Å². The van der Waals surface area contributed by atoms with E-state index >= 15 is 0 Å². The first-order valence-electron chi connectivity index (χ1n) is 7.31. The van der Waals surface area contributed by atoms with Crippen LogP contribution in [0.25, 0.3) is 11.0 Å². The van der Waals surface area contributed by atoms with Gasteiger partial charge in [-0.3, -0.25) is 4.79 Å². The van der Waals surface area contributed by atoms with Gasteiger partial charge in [-0.1, -0.05) is 6.07 Å². The molecule has 3 rings (SSSR count). The number of imidazole rings is 1. The number of primary amides is 1. The standard InChI is InChI=1S/C16H16BN3O4/c1-10-6-13(24-17(22)23)4-2-12(10)8-20-9-19-14-5-3-11(16(18)21)7-15(14)20/h2-7,9,22-23H,8H2,1H3,(H2,18,21). The topological polar surface area (TPSA) is 111 Å². The van der Waals surface area contributed by atoms with Crippen molar-refractivity contribution in [3.63, 3.8) is 0 Å². The van der Waals surface area contributed by atoms with Gasteiger partial charge in [0.05, 0.1) is 17.4 Å². The Hall–Kier alpha value is -2.84. The summed E-state index contributed by atoms with van der Waals surface area (Å²) < 4.78 is 6.76. The van der Waals surface area contributed by atoms with Gasteiger partial charge >= 0.3 is 7.32 Å². The fraction of sp³-hybridized carbons (Fsp3) is 0.125. The molecule has 24 heavy (non-hydrogen) atoms. The number of hydrogen-bond acceptors (Lipinski definition) is 5. The average molecular weight is 325 g/mol. The maximum Gasteiger partial charge on any atom is 0.707 e. The van der Waals surface area contributed by atoms with Crippen molar-refractivity contribution in [2.45, 2.75) is 13.5 Å². The maximum atomic E-state index is 11.4. The summed E-state index contributed by atoms with van der Waals surface area (Å²) in [7, 11) is -1.85. The molecule has 0 spiro atoms. The van der Waals surface area contributed by atoms with Crippen LogP contribution in [0.15, 0.2) is 42.7 Å². The summed E-state index contributed by atoms with van der Waals surface area (Å²) in [6, 6.07) is 10.4. The molecule has 0 fully saturated rings. The molecule has 4 N–H and O–H groups in total. The lowest BCUT2D eigenvalue weighted by atomic mass is 10.1. The molecule has 0 unspecified atom stereocenters. The van der Waals surface area contributed by atoms with Gasteiger partial charge < -0.3 is 25.0 Å². The van der Waals surface area contributed by atoms with Crippen molar-refractivity contribution in [2.75, 3.05) is 0 Å². The van der Waals surface area contributed by atoms with Crippen LogP contribution in [-0.4, -0.2) is 32.8 Å². The Balaban J connectivity index is 1.92. The number of carbonyl (C=O) groups excluding carboxylic acids is 1. The number of amides is 1. The molecule has 122 valence electrons. The van der Waals surface area contributed by atoms with Crippen LogP contribution in [0.1, 0.15) is 21.5 Å². The number of hydrogen-bond donors (Lipinski definition) is 3. The molecule has 0 aliphatic carbocycles. The van der Waals surface area contributed by atoms with Crippen LogP contribution in [0, 0.1) is 6.92 Å². The Bertz CT molecular complexity index is 907. The van der Waals surface area contributed by atoms with E-state index in [-0.39, 0.29) is 0 Å². The maximum absolute atomic E-state index is 11.4. The van der Waals surface area contributed by atoms with Crippen molar-refractivity contribution >= 4 is 24.3 Å². The summed E-state index contributed by atoms with van der Waals surface area (Å²) in [5, 5.41) is 17.7. The first kappa shape index (κ1) is 16.0. The second-order valence-corrected chi connectivity index (χ2v) is 5.47. The molecule has 1 amide bonds. The van der Waals surface area contributed by atoms with Crippen LogP contribution in [0.3, 0.4) is 0 Å². The summed E-state index contributed by atoms with van der Waals surface area (Å²) in [4.78, 5) is 15.7. The lowest BCUT2D eigenvalue weighted by molar-refractivity contribution is 0.100. The largest absolute Gasteiger partial charge is 0.707 e. The van der Waals surface area contributed by atoms with E-state index in [0.717, 1.165) is 22.2 Å². The van der Waals surface area contributed by atoms with Crippen molar-refractivity contribution in [2.24, 2.45) is 5.73 Å². The summed E-state index contributed by atoms with van der Waals surface area (Å²) in [6.45, 7) is 2.45. The van der Waals surface area contributed by atoms with Crippen LogP contribution in [0.4, 0.5) is 0 Å². The zero-order valence-electron chi connectivity index (χ0n) is 13.0.